The first-order valence-electron chi connectivity index (χ1n) is 9.67. The Labute approximate surface area is 156 Å². The summed E-state index contributed by atoms with van der Waals surface area (Å²) in [5.41, 5.74) is 1.99. The molecule has 26 heavy (non-hydrogen) atoms. The highest BCUT2D eigenvalue weighted by molar-refractivity contribution is 5.90. The number of hydrogen-bond donors (Lipinski definition) is 2. The van der Waals surface area contributed by atoms with Crippen LogP contribution in [0.2, 0.25) is 0 Å². The van der Waals surface area contributed by atoms with Crippen molar-refractivity contribution in [1.82, 2.24) is 9.80 Å². The second-order valence-electron chi connectivity index (χ2n) is 7.68. The summed E-state index contributed by atoms with van der Waals surface area (Å²) in [5, 5.41) is 12.5. The maximum atomic E-state index is 12.7. The molecule has 6 heteroatoms. The summed E-state index contributed by atoms with van der Waals surface area (Å²) in [5.74, 6) is 0.195. The number of anilines is 1. The number of benzene rings is 1. The fraction of sp³-hybridized carbons (Fsp3) is 0.650. The number of aliphatic hydroxyl groups excluding tert-OH is 1. The van der Waals surface area contributed by atoms with Gasteiger partial charge in [-0.15, -0.1) is 0 Å². The maximum absolute atomic E-state index is 12.7. The van der Waals surface area contributed by atoms with Gasteiger partial charge in [0.05, 0.1) is 12.2 Å². The molecule has 0 saturated carbocycles. The van der Waals surface area contributed by atoms with Crippen molar-refractivity contribution in [2.75, 3.05) is 38.1 Å². The molecule has 3 atom stereocenters. The van der Waals surface area contributed by atoms with Gasteiger partial charge in [0.25, 0.3) is 0 Å². The van der Waals surface area contributed by atoms with E-state index in [1.54, 1.807) is 0 Å². The Kier molecular flexibility index (Phi) is 6.51. The standard InChI is InChI=1S/C20H31N3O3/c1-15-10-22(11-16(2)26-15)13-18-7-3-4-8-19(18)21-20(25)23-9-5-6-17(12-23)14-24/h3-4,7-8,15-17,24H,5-6,9-14H2,1-2H3,(H,21,25). The molecular weight excluding hydrogens is 330 g/mol. The van der Waals surface area contributed by atoms with E-state index < -0.39 is 0 Å². The van der Waals surface area contributed by atoms with Crippen LogP contribution in [0.1, 0.15) is 32.3 Å². The van der Waals surface area contributed by atoms with Gasteiger partial charge in [-0.2, -0.15) is 0 Å². The molecule has 2 heterocycles. The zero-order valence-corrected chi connectivity index (χ0v) is 15.9. The number of likely N-dealkylation sites (tertiary alicyclic amines) is 1. The van der Waals surface area contributed by atoms with Crippen molar-refractivity contribution in [2.24, 2.45) is 5.92 Å². The van der Waals surface area contributed by atoms with E-state index in [1.807, 2.05) is 23.1 Å². The van der Waals surface area contributed by atoms with Crippen LogP contribution in [-0.4, -0.2) is 65.9 Å². The molecule has 2 fully saturated rings. The molecular formula is C20H31N3O3. The Morgan fingerprint density at radius 1 is 1.23 bits per heavy atom. The van der Waals surface area contributed by atoms with Crippen molar-refractivity contribution in [1.29, 1.82) is 0 Å². The third-order valence-corrected chi connectivity index (χ3v) is 5.21. The molecule has 3 rings (SSSR count). The molecule has 0 radical (unpaired) electrons. The Bertz CT molecular complexity index is 600. The van der Waals surface area contributed by atoms with Gasteiger partial charge in [-0.3, -0.25) is 4.90 Å². The van der Waals surface area contributed by atoms with E-state index in [0.29, 0.717) is 6.54 Å². The van der Waals surface area contributed by atoms with Crippen LogP contribution < -0.4 is 5.32 Å². The quantitative estimate of drug-likeness (QED) is 0.865. The molecule has 0 aliphatic carbocycles. The van der Waals surface area contributed by atoms with Gasteiger partial charge in [0.2, 0.25) is 0 Å². The van der Waals surface area contributed by atoms with Gasteiger partial charge < -0.3 is 20.1 Å². The average Bonchev–Trinajstić information content (AvgIpc) is 2.62. The Hall–Kier alpha value is -1.63. The number of piperidine rings is 1. The van der Waals surface area contributed by atoms with Crippen LogP contribution in [-0.2, 0) is 11.3 Å². The highest BCUT2D eigenvalue weighted by Gasteiger charge is 2.25. The number of urea groups is 1. The molecule has 6 nitrogen and oxygen atoms in total. The molecule has 1 aromatic rings. The number of para-hydroxylation sites is 1. The van der Waals surface area contributed by atoms with E-state index in [9.17, 15) is 9.90 Å². The summed E-state index contributed by atoms with van der Waals surface area (Å²) in [6.45, 7) is 8.33. The fourth-order valence-electron chi connectivity index (χ4n) is 4.03. The number of ether oxygens (including phenoxy) is 1. The van der Waals surface area contributed by atoms with Crippen LogP contribution in [0.15, 0.2) is 24.3 Å². The Morgan fingerprint density at radius 2 is 1.96 bits per heavy atom. The molecule has 2 aliphatic rings. The zero-order valence-electron chi connectivity index (χ0n) is 15.9. The first-order chi connectivity index (χ1) is 12.5. The van der Waals surface area contributed by atoms with Crippen LogP contribution in [0.3, 0.4) is 0 Å². The molecule has 0 spiro atoms. The summed E-state index contributed by atoms with van der Waals surface area (Å²) < 4.78 is 5.81. The monoisotopic (exact) mass is 361 g/mol. The minimum absolute atomic E-state index is 0.0701. The topological polar surface area (TPSA) is 65.0 Å². The van der Waals surface area contributed by atoms with E-state index in [-0.39, 0.29) is 30.8 Å². The largest absolute Gasteiger partial charge is 0.396 e. The molecule has 2 saturated heterocycles. The summed E-state index contributed by atoms with van der Waals surface area (Å²) in [7, 11) is 0. The van der Waals surface area contributed by atoms with E-state index in [1.165, 1.54) is 0 Å². The lowest BCUT2D eigenvalue weighted by Gasteiger charge is -2.36. The highest BCUT2D eigenvalue weighted by atomic mass is 16.5. The first kappa shape index (κ1) is 19.1. The van der Waals surface area contributed by atoms with E-state index in [0.717, 1.165) is 50.3 Å². The van der Waals surface area contributed by atoms with Crippen molar-refractivity contribution in [3.05, 3.63) is 29.8 Å². The molecule has 144 valence electrons. The summed E-state index contributed by atoms with van der Waals surface area (Å²) in [4.78, 5) is 16.9. The van der Waals surface area contributed by atoms with Gasteiger partial charge in [0.15, 0.2) is 0 Å². The van der Waals surface area contributed by atoms with E-state index in [4.69, 9.17) is 4.74 Å². The number of morpholine rings is 1. The molecule has 2 N–H and O–H groups in total. The number of hydrogen-bond acceptors (Lipinski definition) is 4. The number of carbonyl (C=O) groups is 1. The van der Waals surface area contributed by atoms with Crippen LogP contribution in [0.5, 0.6) is 0 Å². The predicted octanol–water partition coefficient (Wildman–Crippen LogP) is 2.53. The van der Waals surface area contributed by atoms with Crippen molar-refractivity contribution in [3.8, 4) is 0 Å². The van der Waals surface area contributed by atoms with Crippen LogP contribution in [0.4, 0.5) is 10.5 Å². The van der Waals surface area contributed by atoms with Gasteiger partial charge in [-0.1, -0.05) is 18.2 Å². The number of aliphatic hydroxyl groups is 1. The summed E-state index contributed by atoms with van der Waals surface area (Å²) in [6, 6.07) is 7.94. The number of rotatable bonds is 4. The lowest BCUT2D eigenvalue weighted by Crippen LogP contribution is -2.45. The van der Waals surface area contributed by atoms with Crippen molar-refractivity contribution >= 4 is 11.7 Å². The Balaban J connectivity index is 1.64. The third-order valence-electron chi connectivity index (χ3n) is 5.21. The predicted molar refractivity (Wildman–Crippen MR) is 102 cm³/mol. The van der Waals surface area contributed by atoms with Gasteiger partial charge in [0, 0.05) is 45.0 Å². The number of carbonyl (C=O) groups excluding carboxylic acids is 1. The molecule has 0 bridgehead atoms. The summed E-state index contributed by atoms with van der Waals surface area (Å²) >= 11 is 0. The lowest BCUT2D eigenvalue weighted by molar-refractivity contribution is -0.0704. The minimum atomic E-state index is -0.0701. The number of amides is 2. The molecule has 0 aromatic heterocycles. The normalized spacial score (nSPS) is 27.3. The van der Waals surface area contributed by atoms with Gasteiger partial charge in [-0.25, -0.2) is 4.79 Å². The SMILES string of the molecule is CC1CN(Cc2ccccc2NC(=O)N2CCCC(CO)C2)CC(C)O1. The minimum Gasteiger partial charge on any atom is -0.396 e. The maximum Gasteiger partial charge on any atom is 0.321 e. The van der Waals surface area contributed by atoms with Crippen molar-refractivity contribution in [3.63, 3.8) is 0 Å². The first-order valence-corrected chi connectivity index (χ1v) is 9.67. The van der Waals surface area contributed by atoms with Gasteiger partial charge in [0.1, 0.15) is 0 Å². The average molecular weight is 361 g/mol. The highest BCUT2D eigenvalue weighted by Crippen LogP contribution is 2.22. The smallest absolute Gasteiger partial charge is 0.321 e. The number of nitrogens with one attached hydrogen (secondary N) is 1. The Morgan fingerprint density at radius 3 is 2.69 bits per heavy atom. The molecule has 1 aromatic carbocycles. The molecule has 2 amide bonds. The second kappa shape index (κ2) is 8.84. The van der Waals surface area contributed by atoms with E-state index >= 15 is 0 Å². The van der Waals surface area contributed by atoms with Crippen LogP contribution in [0, 0.1) is 5.92 Å². The van der Waals surface area contributed by atoms with Crippen molar-refractivity contribution in [2.45, 2.75) is 45.4 Å². The number of nitrogens with zero attached hydrogens (tertiary/aromatic N) is 2. The zero-order chi connectivity index (χ0) is 18.5. The molecule has 3 unspecified atom stereocenters. The van der Waals surface area contributed by atoms with Crippen LogP contribution >= 0.6 is 0 Å². The molecule has 2 aliphatic heterocycles. The van der Waals surface area contributed by atoms with Crippen LogP contribution in [0.25, 0.3) is 0 Å². The fourth-order valence-corrected chi connectivity index (χ4v) is 4.03. The van der Waals surface area contributed by atoms with Crippen molar-refractivity contribution < 1.29 is 14.6 Å². The lowest BCUT2D eigenvalue weighted by atomic mass is 9.99. The summed E-state index contributed by atoms with van der Waals surface area (Å²) in [6.07, 6.45) is 2.39. The third kappa shape index (κ3) is 4.96. The van der Waals surface area contributed by atoms with Gasteiger partial charge in [-0.05, 0) is 44.2 Å². The second-order valence-corrected chi connectivity index (χ2v) is 7.68. The van der Waals surface area contributed by atoms with E-state index in [2.05, 4.69) is 30.1 Å². The van der Waals surface area contributed by atoms with Gasteiger partial charge >= 0.3 is 6.03 Å².